The minimum absolute atomic E-state index is 0.619. The predicted molar refractivity (Wildman–Crippen MR) is 75.0 cm³/mol. The van der Waals surface area contributed by atoms with E-state index in [1.54, 1.807) is 13.3 Å². The Bertz CT molecular complexity index is 535. The predicted octanol–water partition coefficient (Wildman–Crippen LogP) is 2.69. The average Bonchev–Trinajstić information content (AvgIpc) is 2.86. The van der Waals surface area contributed by atoms with Gasteiger partial charge in [-0.1, -0.05) is 17.7 Å². The van der Waals surface area contributed by atoms with Crippen molar-refractivity contribution in [3.05, 3.63) is 41.4 Å². The van der Waals surface area contributed by atoms with Gasteiger partial charge in [-0.15, -0.1) is 0 Å². The Morgan fingerprint density at radius 3 is 2.95 bits per heavy atom. The molecule has 0 aliphatic rings. The Balaban J connectivity index is 2.06. The van der Waals surface area contributed by atoms with Gasteiger partial charge in [0, 0.05) is 19.2 Å². The van der Waals surface area contributed by atoms with Gasteiger partial charge in [-0.3, -0.25) is 0 Å². The smallest absolute Gasteiger partial charge is 0.208 e. The molecule has 1 aromatic heterocycles. The number of benzene rings is 1. The molecule has 0 amide bonds. The first-order valence-electron chi connectivity index (χ1n) is 6.42. The summed E-state index contributed by atoms with van der Waals surface area (Å²) in [6, 6.07) is 6.32. The van der Waals surface area contributed by atoms with E-state index in [2.05, 4.69) is 42.3 Å². The molecule has 4 nitrogen and oxygen atoms in total. The molecule has 0 saturated heterocycles. The molecule has 102 valence electrons. The van der Waals surface area contributed by atoms with Crippen LogP contribution in [0.5, 0.6) is 0 Å². The van der Waals surface area contributed by atoms with E-state index >= 15 is 0 Å². The van der Waals surface area contributed by atoms with Crippen LogP contribution in [0.4, 0.5) is 0 Å². The second-order valence-corrected chi connectivity index (χ2v) is 4.61. The molecule has 1 heterocycles. The van der Waals surface area contributed by atoms with Crippen LogP contribution >= 0.6 is 0 Å². The first-order chi connectivity index (χ1) is 9.20. The Morgan fingerprint density at radius 2 is 2.16 bits per heavy atom. The third-order valence-corrected chi connectivity index (χ3v) is 2.97. The third-order valence-electron chi connectivity index (χ3n) is 2.97. The molecule has 2 rings (SSSR count). The summed E-state index contributed by atoms with van der Waals surface area (Å²) in [7, 11) is 1.69. The Morgan fingerprint density at radius 1 is 1.32 bits per heavy atom. The molecule has 0 atom stereocenters. The highest BCUT2D eigenvalue weighted by Crippen LogP contribution is 2.25. The van der Waals surface area contributed by atoms with Gasteiger partial charge in [0.05, 0.1) is 19.3 Å². The molecule has 4 heteroatoms. The van der Waals surface area contributed by atoms with Crippen molar-refractivity contribution >= 4 is 0 Å². The lowest BCUT2D eigenvalue weighted by atomic mass is 10.0. The zero-order valence-electron chi connectivity index (χ0n) is 11.7. The zero-order valence-corrected chi connectivity index (χ0v) is 11.7. The van der Waals surface area contributed by atoms with Crippen LogP contribution in [-0.4, -0.2) is 25.2 Å². The maximum absolute atomic E-state index is 5.77. The number of nitrogens with zero attached hydrogens (tertiary/aromatic N) is 1. The summed E-state index contributed by atoms with van der Waals surface area (Å²) in [5.41, 5.74) is 3.52. The molecular weight excluding hydrogens is 240 g/mol. The molecule has 0 aliphatic heterocycles. The number of aromatic nitrogens is 1. The van der Waals surface area contributed by atoms with Crippen molar-refractivity contribution in [1.29, 1.82) is 0 Å². The van der Waals surface area contributed by atoms with Crippen molar-refractivity contribution in [3.8, 4) is 11.3 Å². The van der Waals surface area contributed by atoms with E-state index in [9.17, 15) is 0 Å². The number of nitrogens with one attached hydrogen (secondary N) is 1. The molecule has 0 bridgehead atoms. The van der Waals surface area contributed by atoms with Gasteiger partial charge in [0.25, 0.3) is 0 Å². The van der Waals surface area contributed by atoms with Crippen LogP contribution in [0.1, 0.15) is 17.0 Å². The van der Waals surface area contributed by atoms with Crippen molar-refractivity contribution in [3.63, 3.8) is 0 Å². The summed E-state index contributed by atoms with van der Waals surface area (Å²) in [5.74, 6) is 1.52. The summed E-state index contributed by atoms with van der Waals surface area (Å²) >= 11 is 0. The molecule has 2 aromatic rings. The lowest BCUT2D eigenvalue weighted by Gasteiger charge is -2.03. The van der Waals surface area contributed by atoms with Crippen LogP contribution in [0.3, 0.4) is 0 Å². The minimum Gasteiger partial charge on any atom is -0.439 e. The fourth-order valence-electron chi connectivity index (χ4n) is 1.89. The molecule has 19 heavy (non-hydrogen) atoms. The number of ether oxygens (including phenoxy) is 1. The maximum Gasteiger partial charge on any atom is 0.208 e. The van der Waals surface area contributed by atoms with Crippen LogP contribution in [0.2, 0.25) is 0 Å². The molecule has 0 unspecified atom stereocenters. The zero-order chi connectivity index (χ0) is 13.7. The second-order valence-electron chi connectivity index (χ2n) is 4.61. The molecule has 0 fully saturated rings. The summed E-state index contributed by atoms with van der Waals surface area (Å²) < 4.78 is 10.7. The van der Waals surface area contributed by atoms with Crippen molar-refractivity contribution < 1.29 is 9.15 Å². The Kier molecular flexibility index (Phi) is 4.71. The molecule has 1 N–H and O–H groups in total. The number of hydrogen-bond donors (Lipinski definition) is 1. The molecular formula is C15H20N2O2. The van der Waals surface area contributed by atoms with E-state index in [0.29, 0.717) is 19.0 Å². The highest BCUT2D eigenvalue weighted by atomic mass is 16.5. The monoisotopic (exact) mass is 260 g/mol. The third kappa shape index (κ3) is 3.66. The van der Waals surface area contributed by atoms with E-state index in [1.165, 1.54) is 11.1 Å². The van der Waals surface area contributed by atoms with Crippen molar-refractivity contribution in [2.75, 3.05) is 20.3 Å². The fourth-order valence-corrected chi connectivity index (χ4v) is 1.89. The lowest BCUT2D eigenvalue weighted by molar-refractivity contribution is 0.198. The Hall–Kier alpha value is -1.65. The fraction of sp³-hybridized carbons (Fsp3) is 0.400. The van der Waals surface area contributed by atoms with Crippen LogP contribution in [-0.2, 0) is 11.3 Å². The van der Waals surface area contributed by atoms with Crippen LogP contribution in [0, 0.1) is 13.8 Å². The summed E-state index contributed by atoms with van der Waals surface area (Å²) in [4.78, 5) is 4.29. The van der Waals surface area contributed by atoms with Crippen LogP contribution in [0.15, 0.2) is 28.8 Å². The van der Waals surface area contributed by atoms with Crippen molar-refractivity contribution in [2.24, 2.45) is 0 Å². The summed E-state index contributed by atoms with van der Waals surface area (Å²) in [6.07, 6.45) is 1.79. The first kappa shape index (κ1) is 13.8. The number of methoxy groups -OCH3 is 1. The lowest BCUT2D eigenvalue weighted by Crippen LogP contribution is -2.18. The van der Waals surface area contributed by atoms with Gasteiger partial charge >= 0.3 is 0 Å². The first-order valence-corrected chi connectivity index (χ1v) is 6.42. The minimum atomic E-state index is 0.619. The van der Waals surface area contributed by atoms with E-state index < -0.39 is 0 Å². The summed E-state index contributed by atoms with van der Waals surface area (Å²) in [5, 5.41) is 3.21. The quantitative estimate of drug-likeness (QED) is 0.811. The topological polar surface area (TPSA) is 47.3 Å². The number of hydrogen-bond acceptors (Lipinski definition) is 4. The SMILES string of the molecule is COCCNCc1ncc(-c2cc(C)ccc2C)o1. The number of aryl methyl sites for hydroxylation is 2. The molecule has 0 saturated carbocycles. The average molecular weight is 260 g/mol. The number of rotatable bonds is 6. The van der Waals surface area contributed by atoms with E-state index in [4.69, 9.17) is 9.15 Å². The van der Waals surface area contributed by atoms with Crippen LogP contribution in [0.25, 0.3) is 11.3 Å². The van der Waals surface area contributed by atoms with Gasteiger partial charge in [-0.05, 0) is 25.5 Å². The standard InChI is InChI=1S/C15H20N2O2/c1-11-4-5-12(2)13(8-11)14-9-17-15(19-14)10-16-6-7-18-3/h4-5,8-9,16H,6-7,10H2,1-3H3. The van der Waals surface area contributed by atoms with Crippen LogP contribution < -0.4 is 5.32 Å². The molecule has 0 aliphatic carbocycles. The van der Waals surface area contributed by atoms with Crippen molar-refractivity contribution in [1.82, 2.24) is 10.3 Å². The second kappa shape index (κ2) is 6.50. The van der Waals surface area contributed by atoms with Gasteiger partial charge in [-0.25, -0.2) is 4.98 Å². The maximum atomic E-state index is 5.77. The van der Waals surface area contributed by atoms with Gasteiger partial charge in [-0.2, -0.15) is 0 Å². The van der Waals surface area contributed by atoms with Crippen molar-refractivity contribution in [2.45, 2.75) is 20.4 Å². The van der Waals surface area contributed by atoms with Gasteiger partial charge in [0.1, 0.15) is 0 Å². The highest BCUT2D eigenvalue weighted by Gasteiger charge is 2.08. The van der Waals surface area contributed by atoms with Gasteiger partial charge in [0.15, 0.2) is 5.76 Å². The molecule has 0 radical (unpaired) electrons. The molecule has 1 aromatic carbocycles. The van der Waals surface area contributed by atoms with E-state index in [0.717, 1.165) is 17.9 Å². The van der Waals surface area contributed by atoms with E-state index in [-0.39, 0.29) is 0 Å². The highest BCUT2D eigenvalue weighted by molar-refractivity contribution is 5.62. The largest absolute Gasteiger partial charge is 0.439 e. The Labute approximate surface area is 113 Å². The van der Waals surface area contributed by atoms with Gasteiger partial charge < -0.3 is 14.5 Å². The molecule has 0 spiro atoms. The summed E-state index contributed by atoms with van der Waals surface area (Å²) in [6.45, 7) is 6.25. The number of oxazole rings is 1. The van der Waals surface area contributed by atoms with E-state index in [1.807, 2.05) is 0 Å². The van der Waals surface area contributed by atoms with Gasteiger partial charge in [0.2, 0.25) is 5.89 Å². The normalized spacial score (nSPS) is 10.9.